The van der Waals surface area contributed by atoms with Crippen LogP contribution in [0.3, 0.4) is 0 Å². The zero-order chi connectivity index (χ0) is 15.5. The number of benzene rings is 1. The van der Waals surface area contributed by atoms with E-state index in [9.17, 15) is 18.3 Å². The van der Waals surface area contributed by atoms with Crippen LogP contribution in [0.5, 0.6) is 5.75 Å². The summed E-state index contributed by atoms with van der Waals surface area (Å²) in [6, 6.07) is 4.13. The number of aliphatic hydroxyl groups excluding tert-OH is 1. The van der Waals surface area contributed by atoms with Gasteiger partial charge in [0.1, 0.15) is 5.75 Å². The molecule has 0 saturated heterocycles. The molecule has 21 heavy (non-hydrogen) atoms. The zero-order valence-corrected chi connectivity index (χ0v) is 12.1. The summed E-state index contributed by atoms with van der Waals surface area (Å²) in [7, 11) is -2.39. The highest BCUT2D eigenvalue weighted by Gasteiger charge is 2.21. The maximum absolute atomic E-state index is 12.1. The van der Waals surface area contributed by atoms with Crippen LogP contribution in [0, 0.1) is 0 Å². The van der Waals surface area contributed by atoms with Gasteiger partial charge in [-0.05, 0) is 18.2 Å². The molecule has 0 bridgehead atoms. The molecule has 1 amide bonds. The quantitative estimate of drug-likeness (QED) is 0.640. The molecule has 8 nitrogen and oxygen atoms in total. The van der Waals surface area contributed by atoms with Gasteiger partial charge in [-0.3, -0.25) is 4.79 Å². The maximum atomic E-state index is 12.1. The summed E-state index contributed by atoms with van der Waals surface area (Å²) in [6.45, 7) is -0.243. The molecular formula is C12H16N2O6S. The minimum Gasteiger partial charge on any atom is -0.482 e. The Hall–Kier alpha value is -1.68. The Morgan fingerprint density at radius 1 is 1.52 bits per heavy atom. The second-order valence-corrected chi connectivity index (χ2v) is 6.22. The number of aliphatic hydroxyl groups is 1. The normalized spacial score (nSPS) is 15.8. The van der Waals surface area contributed by atoms with E-state index in [1.165, 1.54) is 25.3 Å². The van der Waals surface area contributed by atoms with Crippen LogP contribution in [0.25, 0.3) is 0 Å². The number of amides is 1. The molecule has 0 aliphatic carbocycles. The topological polar surface area (TPSA) is 114 Å². The van der Waals surface area contributed by atoms with Gasteiger partial charge in [0.25, 0.3) is 5.91 Å². The van der Waals surface area contributed by atoms with Gasteiger partial charge in [-0.15, -0.1) is 0 Å². The van der Waals surface area contributed by atoms with E-state index < -0.39 is 16.1 Å². The van der Waals surface area contributed by atoms with Crippen LogP contribution >= 0.6 is 0 Å². The molecule has 9 heteroatoms. The van der Waals surface area contributed by atoms with Crippen LogP contribution in [0.15, 0.2) is 23.1 Å². The summed E-state index contributed by atoms with van der Waals surface area (Å²) in [4.78, 5) is 11.2. The molecule has 0 spiro atoms. The molecule has 1 atom stereocenters. The number of hydrogen-bond donors (Lipinski definition) is 3. The highest BCUT2D eigenvalue weighted by atomic mass is 32.2. The van der Waals surface area contributed by atoms with Crippen molar-refractivity contribution in [2.45, 2.75) is 11.0 Å². The van der Waals surface area contributed by atoms with E-state index in [-0.39, 0.29) is 30.6 Å². The predicted octanol–water partition coefficient (Wildman–Crippen LogP) is -0.697. The molecular weight excluding hydrogens is 300 g/mol. The van der Waals surface area contributed by atoms with Gasteiger partial charge in [0.05, 0.1) is 23.3 Å². The molecule has 0 aromatic heterocycles. The number of rotatable bonds is 6. The molecule has 1 aliphatic heterocycles. The zero-order valence-electron chi connectivity index (χ0n) is 11.3. The Morgan fingerprint density at radius 3 is 3.00 bits per heavy atom. The van der Waals surface area contributed by atoms with Gasteiger partial charge in [-0.2, -0.15) is 0 Å². The number of carbonyl (C=O) groups is 1. The number of carbonyl (C=O) groups excluding carboxylic acids is 1. The lowest BCUT2D eigenvalue weighted by Gasteiger charge is -2.18. The van der Waals surface area contributed by atoms with Crippen molar-refractivity contribution in [3.05, 3.63) is 18.2 Å². The summed E-state index contributed by atoms with van der Waals surface area (Å²) in [6.07, 6.45) is -0.939. The third kappa shape index (κ3) is 3.91. The minimum absolute atomic E-state index is 0.0244. The van der Waals surface area contributed by atoms with E-state index in [0.717, 1.165) is 0 Å². The van der Waals surface area contributed by atoms with Crippen LogP contribution in [0.4, 0.5) is 5.69 Å². The molecule has 1 unspecified atom stereocenters. The van der Waals surface area contributed by atoms with Crippen molar-refractivity contribution in [3.63, 3.8) is 0 Å². The van der Waals surface area contributed by atoms with Crippen LogP contribution in [0.2, 0.25) is 0 Å². The first-order valence-corrected chi connectivity index (χ1v) is 7.64. The number of anilines is 1. The van der Waals surface area contributed by atoms with Crippen LogP contribution in [-0.2, 0) is 19.6 Å². The van der Waals surface area contributed by atoms with E-state index in [0.29, 0.717) is 11.4 Å². The van der Waals surface area contributed by atoms with Gasteiger partial charge in [-0.1, -0.05) is 0 Å². The highest BCUT2D eigenvalue weighted by molar-refractivity contribution is 7.89. The lowest BCUT2D eigenvalue weighted by atomic mass is 10.2. The number of nitrogens with one attached hydrogen (secondary N) is 2. The summed E-state index contributed by atoms with van der Waals surface area (Å²) in [5.41, 5.74) is 0.298. The number of hydrogen-bond acceptors (Lipinski definition) is 6. The van der Waals surface area contributed by atoms with Crippen molar-refractivity contribution in [1.29, 1.82) is 0 Å². The SMILES string of the molecule is COCC(O)CNS(=O)(=O)c1ccc2c(c1)NC(=O)CO2. The van der Waals surface area contributed by atoms with E-state index in [4.69, 9.17) is 9.47 Å². The van der Waals surface area contributed by atoms with E-state index >= 15 is 0 Å². The first-order chi connectivity index (χ1) is 9.92. The largest absolute Gasteiger partial charge is 0.482 e. The third-order valence-corrected chi connectivity index (χ3v) is 4.18. The van der Waals surface area contributed by atoms with Crippen molar-refractivity contribution in [3.8, 4) is 5.75 Å². The van der Waals surface area contributed by atoms with E-state index in [2.05, 4.69) is 10.0 Å². The Morgan fingerprint density at radius 2 is 2.29 bits per heavy atom. The molecule has 116 valence electrons. The first-order valence-electron chi connectivity index (χ1n) is 6.16. The summed E-state index contributed by atoms with van der Waals surface area (Å²) in [5, 5.41) is 12.0. The number of ether oxygens (including phenoxy) is 2. The lowest BCUT2D eigenvalue weighted by Crippen LogP contribution is -2.34. The Kier molecular flexibility index (Phi) is 4.78. The fourth-order valence-corrected chi connectivity index (χ4v) is 2.87. The summed E-state index contributed by atoms with van der Waals surface area (Å²) < 4.78 is 36.3. The van der Waals surface area contributed by atoms with Gasteiger partial charge in [0.2, 0.25) is 10.0 Å². The molecule has 1 aromatic rings. The lowest BCUT2D eigenvalue weighted by molar-refractivity contribution is -0.118. The third-order valence-electron chi connectivity index (χ3n) is 2.76. The predicted molar refractivity (Wildman–Crippen MR) is 73.6 cm³/mol. The van der Waals surface area contributed by atoms with Crippen LogP contribution < -0.4 is 14.8 Å². The molecule has 1 heterocycles. The average Bonchev–Trinajstić information content (AvgIpc) is 2.45. The van der Waals surface area contributed by atoms with E-state index in [1.807, 2.05) is 0 Å². The van der Waals surface area contributed by atoms with Crippen molar-refractivity contribution in [2.75, 3.05) is 32.2 Å². The van der Waals surface area contributed by atoms with Crippen molar-refractivity contribution in [2.24, 2.45) is 0 Å². The average molecular weight is 316 g/mol. The molecule has 0 saturated carbocycles. The van der Waals surface area contributed by atoms with Gasteiger partial charge in [0, 0.05) is 13.7 Å². The fourth-order valence-electron chi connectivity index (χ4n) is 1.77. The standard InChI is InChI=1S/C12H16N2O6S/c1-19-6-8(15)5-13-21(17,18)9-2-3-11-10(4-9)14-12(16)7-20-11/h2-4,8,13,15H,5-7H2,1H3,(H,14,16). The summed E-state index contributed by atoms with van der Waals surface area (Å²) in [5.74, 6) is 0.0634. The van der Waals surface area contributed by atoms with Crippen molar-refractivity contribution in [1.82, 2.24) is 4.72 Å². The van der Waals surface area contributed by atoms with Crippen LogP contribution in [-0.4, -0.2) is 52.4 Å². The molecule has 2 rings (SSSR count). The minimum atomic E-state index is -3.80. The van der Waals surface area contributed by atoms with Gasteiger partial charge in [-0.25, -0.2) is 13.1 Å². The second kappa shape index (κ2) is 6.39. The fraction of sp³-hybridized carbons (Fsp3) is 0.417. The van der Waals surface area contributed by atoms with Crippen molar-refractivity contribution >= 4 is 21.6 Å². The highest BCUT2D eigenvalue weighted by Crippen LogP contribution is 2.29. The summed E-state index contributed by atoms with van der Waals surface area (Å²) >= 11 is 0. The maximum Gasteiger partial charge on any atom is 0.262 e. The van der Waals surface area contributed by atoms with Crippen molar-refractivity contribution < 1.29 is 27.8 Å². The molecule has 3 N–H and O–H groups in total. The molecule has 1 aliphatic rings. The Balaban J connectivity index is 2.13. The molecule has 0 radical (unpaired) electrons. The molecule has 0 fully saturated rings. The van der Waals surface area contributed by atoms with Gasteiger partial charge >= 0.3 is 0 Å². The number of fused-ring (bicyclic) bond motifs is 1. The smallest absolute Gasteiger partial charge is 0.262 e. The molecule has 1 aromatic carbocycles. The number of sulfonamides is 1. The first kappa shape index (κ1) is 15.7. The van der Waals surface area contributed by atoms with Crippen LogP contribution in [0.1, 0.15) is 0 Å². The Labute approximate surface area is 122 Å². The second-order valence-electron chi connectivity index (χ2n) is 4.46. The monoisotopic (exact) mass is 316 g/mol. The van der Waals surface area contributed by atoms with Gasteiger partial charge in [0.15, 0.2) is 6.61 Å². The van der Waals surface area contributed by atoms with Gasteiger partial charge < -0.3 is 19.9 Å². The number of methoxy groups -OCH3 is 1. The Bertz CT molecular complexity index is 631. The van der Waals surface area contributed by atoms with E-state index in [1.54, 1.807) is 0 Å².